The summed E-state index contributed by atoms with van der Waals surface area (Å²) in [6.07, 6.45) is 1.11. The number of carbonyl (C=O) groups is 1. The molecule has 0 radical (unpaired) electrons. The number of aliphatic hydroxyl groups is 1. The molecule has 2 atom stereocenters. The third-order valence-corrected chi connectivity index (χ3v) is 4.39. The standard InChI is InChI=1S/C15H20ClNO3/c1-10(15(19)20)17-8-6-12(7-9-17)14(18)11-2-4-13(16)5-3-11/h2-5,10,12,14,18H,6-9H2,1H3,(H,19,20)/t10-,14-/m1/s1. The number of benzene rings is 1. The van der Waals surface area contributed by atoms with Crippen LogP contribution in [0.25, 0.3) is 0 Å². The first-order chi connectivity index (χ1) is 9.49. The van der Waals surface area contributed by atoms with Crippen LogP contribution in [0, 0.1) is 5.92 Å². The Balaban J connectivity index is 1.93. The largest absolute Gasteiger partial charge is 0.480 e. The number of aliphatic hydroxyl groups excluding tert-OH is 1. The van der Waals surface area contributed by atoms with Gasteiger partial charge in [0.1, 0.15) is 6.04 Å². The number of piperidine rings is 1. The van der Waals surface area contributed by atoms with E-state index in [1.54, 1.807) is 19.1 Å². The van der Waals surface area contributed by atoms with Crippen LogP contribution in [-0.2, 0) is 4.79 Å². The molecule has 2 rings (SSSR count). The van der Waals surface area contributed by atoms with Gasteiger partial charge in [0.2, 0.25) is 0 Å². The van der Waals surface area contributed by atoms with Crippen LogP contribution >= 0.6 is 11.6 Å². The number of rotatable bonds is 4. The summed E-state index contributed by atoms with van der Waals surface area (Å²) >= 11 is 5.84. The second kappa shape index (κ2) is 6.57. The first-order valence-electron chi connectivity index (χ1n) is 6.89. The normalized spacial score (nSPS) is 20.6. The maximum Gasteiger partial charge on any atom is 0.320 e. The van der Waals surface area contributed by atoms with E-state index in [0.29, 0.717) is 18.1 Å². The molecule has 1 saturated heterocycles. The molecule has 1 aliphatic rings. The maximum atomic E-state index is 11.0. The van der Waals surface area contributed by atoms with Gasteiger partial charge in [0, 0.05) is 5.02 Å². The monoisotopic (exact) mass is 297 g/mol. The zero-order chi connectivity index (χ0) is 14.7. The van der Waals surface area contributed by atoms with Crippen LogP contribution in [0.4, 0.5) is 0 Å². The Morgan fingerprint density at radius 1 is 1.30 bits per heavy atom. The highest BCUT2D eigenvalue weighted by atomic mass is 35.5. The molecule has 1 aliphatic heterocycles. The van der Waals surface area contributed by atoms with Gasteiger partial charge in [-0.2, -0.15) is 0 Å². The van der Waals surface area contributed by atoms with Crippen molar-refractivity contribution < 1.29 is 15.0 Å². The van der Waals surface area contributed by atoms with Crippen LogP contribution in [-0.4, -0.2) is 40.2 Å². The van der Waals surface area contributed by atoms with Gasteiger partial charge >= 0.3 is 5.97 Å². The molecular weight excluding hydrogens is 278 g/mol. The van der Waals surface area contributed by atoms with Crippen LogP contribution in [0.2, 0.25) is 5.02 Å². The quantitative estimate of drug-likeness (QED) is 0.897. The fraction of sp³-hybridized carbons (Fsp3) is 0.533. The van der Waals surface area contributed by atoms with Gasteiger partial charge in [-0.1, -0.05) is 23.7 Å². The highest BCUT2D eigenvalue weighted by Crippen LogP contribution is 2.31. The Hall–Kier alpha value is -1.10. The summed E-state index contributed by atoms with van der Waals surface area (Å²) in [4.78, 5) is 12.9. The van der Waals surface area contributed by atoms with E-state index in [1.165, 1.54) is 0 Å². The number of aliphatic carboxylic acids is 1. The predicted octanol–water partition coefficient (Wildman–Crippen LogP) is 2.56. The Morgan fingerprint density at radius 3 is 2.35 bits per heavy atom. The second-order valence-electron chi connectivity index (χ2n) is 5.38. The molecule has 1 aromatic rings. The van der Waals surface area contributed by atoms with Gasteiger partial charge in [-0.3, -0.25) is 9.69 Å². The molecule has 4 nitrogen and oxygen atoms in total. The molecule has 20 heavy (non-hydrogen) atoms. The lowest BCUT2D eigenvalue weighted by Crippen LogP contribution is -2.44. The summed E-state index contributed by atoms with van der Waals surface area (Å²) in [7, 11) is 0. The minimum Gasteiger partial charge on any atom is -0.480 e. The van der Waals surface area contributed by atoms with Crippen molar-refractivity contribution >= 4 is 17.6 Å². The minimum absolute atomic E-state index is 0.174. The average molecular weight is 298 g/mol. The fourth-order valence-corrected chi connectivity index (χ4v) is 2.84. The molecule has 0 saturated carbocycles. The van der Waals surface area contributed by atoms with E-state index in [-0.39, 0.29) is 5.92 Å². The summed E-state index contributed by atoms with van der Waals surface area (Å²) in [5, 5.41) is 20.1. The van der Waals surface area contributed by atoms with Gasteiger partial charge < -0.3 is 10.2 Å². The third kappa shape index (κ3) is 3.51. The first kappa shape index (κ1) is 15.3. The van der Waals surface area contributed by atoms with Crippen molar-refractivity contribution in [3.8, 4) is 0 Å². The molecule has 0 amide bonds. The van der Waals surface area contributed by atoms with Gasteiger partial charge in [0.05, 0.1) is 6.10 Å². The lowest BCUT2D eigenvalue weighted by molar-refractivity contribution is -0.143. The van der Waals surface area contributed by atoms with Crippen LogP contribution in [0.15, 0.2) is 24.3 Å². The number of likely N-dealkylation sites (tertiary alicyclic amines) is 1. The summed E-state index contributed by atoms with van der Waals surface area (Å²) in [6, 6.07) is 6.80. The second-order valence-corrected chi connectivity index (χ2v) is 5.82. The van der Waals surface area contributed by atoms with Gasteiger partial charge in [0.15, 0.2) is 0 Å². The minimum atomic E-state index is -0.790. The van der Waals surface area contributed by atoms with Crippen LogP contribution in [0.1, 0.15) is 31.4 Å². The van der Waals surface area contributed by atoms with E-state index in [2.05, 4.69) is 0 Å². The summed E-state index contributed by atoms with van der Waals surface area (Å²) in [5.74, 6) is -0.616. The van der Waals surface area contributed by atoms with Crippen molar-refractivity contribution in [1.29, 1.82) is 0 Å². The molecule has 0 bridgehead atoms. The van der Waals surface area contributed by atoms with E-state index < -0.39 is 18.1 Å². The third-order valence-electron chi connectivity index (χ3n) is 4.14. The molecule has 1 fully saturated rings. The molecule has 0 aromatic heterocycles. The molecule has 5 heteroatoms. The van der Waals surface area contributed by atoms with Crippen molar-refractivity contribution in [1.82, 2.24) is 4.90 Å². The average Bonchev–Trinajstić information content (AvgIpc) is 2.46. The van der Waals surface area contributed by atoms with Gasteiger partial charge in [-0.15, -0.1) is 0 Å². The van der Waals surface area contributed by atoms with Gasteiger partial charge in [0.25, 0.3) is 0 Å². The predicted molar refractivity (Wildman–Crippen MR) is 77.8 cm³/mol. The maximum absolute atomic E-state index is 11.0. The Morgan fingerprint density at radius 2 is 1.85 bits per heavy atom. The molecule has 0 aliphatic carbocycles. The van der Waals surface area contributed by atoms with E-state index in [9.17, 15) is 9.90 Å². The van der Waals surface area contributed by atoms with E-state index in [0.717, 1.165) is 18.4 Å². The van der Waals surface area contributed by atoms with Crippen molar-refractivity contribution in [2.24, 2.45) is 5.92 Å². The molecular formula is C15H20ClNO3. The lowest BCUT2D eigenvalue weighted by atomic mass is 9.87. The molecule has 2 N–H and O–H groups in total. The van der Waals surface area contributed by atoms with Crippen molar-refractivity contribution in [3.05, 3.63) is 34.9 Å². The fourth-order valence-electron chi connectivity index (χ4n) is 2.71. The van der Waals surface area contributed by atoms with Crippen molar-refractivity contribution in [2.75, 3.05) is 13.1 Å². The van der Waals surface area contributed by atoms with Gasteiger partial charge in [-0.05, 0) is 56.5 Å². The van der Waals surface area contributed by atoms with E-state index in [1.807, 2.05) is 17.0 Å². The SMILES string of the molecule is C[C@H](C(=O)O)N1CCC([C@H](O)c2ccc(Cl)cc2)CC1. The molecule has 1 aromatic carbocycles. The number of halogens is 1. The zero-order valence-corrected chi connectivity index (χ0v) is 12.3. The molecule has 0 unspecified atom stereocenters. The zero-order valence-electron chi connectivity index (χ0n) is 11.5. The van der Waals surface area contributed by atoms with Crippen molar-refractivity contribution in [2.45, 2.75) is 31.9 Å². The summed E-state index contributed by atoms with van der Waals surface area (Å²) in [5.41, 5.74) is 0.874. The number of carboxylic acid groups (broad SMARTS) is 1. The summed E-state index contributed by atoms with van der Waals surface area (Å²) < 4.78 is 0. The Kier molecular flexibility index (Phi) is 5.02. The molecule has 110 valence electrons. The number of hydrogen-bond donors (Lipinski definition) is 2. The van der Waals surface area contributed by atoms with Crippen LogP contribution in [0.5, 0.6) is 0 Å². The topological polar surface area (TPSA) is 60.8 Å². The first-order valence-corrected chi connectivity index (χ1v) is 7.27. The van der Waals surface area contributed by atoms with E-state index in [4.69, 9.17) is 16.7 Å². The van der Waals surface area contributed by atoms with Crippen molar-refractivity contribution in [3.63, 3.8) is 0 Å². The van der Waals surface area contributed by atoms with Gasteiger partial charge in [-0.25, -0.2) is 0 Å². The van der Waals surface area contributed by atoms with E-state index >= 15 is 0 Å². The Bertz CT molecular complexity index is 455. The van der Waals surface area contributed by atoms with Crippen LogP contribution < -0.4 is 0 Å². The molecule has 1 heterocycles. The molecule has 0 spiro atoms. The lowest BCUT2D eigenvalue weighted by Gasteiger charge is -2.36. The highest BCUT2D eigenvalue weighted by molar-refractivity contribution is 6.30. The number of carboxylic acids is 1. The van der Waals surface area contributed by atoms with Crippen LogP contribution in [0.3, 0.4) is 0 Å². The number of nitrogens with zero attached hydrogens (tertiary/aromatic N) is 1. The smallest absolute Gasteiger partial charge is 0.320 e. The summed E-state index contributed by atoms with van der Waals surface area (Å²) in [6.45, 7) is 3.13. The Labute approximate surface area is 124 Å². The highest BCUT2D eigenvalue weighted by Gasteiger charge is 2.30. The number of hydrogen-bond acceptors (Lipinski definition) is 3.